The zero-order valence-corrected chi connectivity index (χ0v) is 14.8. The van der Waals surface area contributed by atoms with Gasteiger partial charge in [0.1, 0.15) is 0 Å². The van der Waals surface area contributed by atoms with Crippen molar-refractivity contribution in [2.75, 3.05) is 7.11 Å². The van der Waals surface area contributed by atoms with Crippen LogP contribution in [-0.4, -0.2) is 42.6 Å². The van der Waals surface area contributed by atoms with E-state index in [4.69, 9.17) is 4.74 Å². The highest BCUT2D eigenvalue weighted by molar-refractivity contribution is 5.95. The number of methoxy groups -OCH3 is 1. The smallest absolute Gasteiger partial charge is 0.255 e. The van der Waals surface area contributed by atoms with E-state index in [0.717, 1.165) is 11.4 Å². The Kier molecular flexibility index (Phi) is 4.25. The molecule has 0 saturated carbocycles. The molecule has 3 heterocycles. The lowest BCUT2D eigenvalue weighted by Gasteiger charge is -2.06. The first-order valence-corrected chi connectivity index (χ1v) is 8.31. The molecule has 0 unspecified atom stereocenters. The highest BCUT2D eigenvalue weighted by Gasteiger charge is 2.16. The number of nitrogens with zero attached hydrogens (tertiary/aromatic N) is 6. The highest BCUT2D eigenvalue weighted by Crippen LogP contribution is 2.14. The van der Waals surface area contributed by atoms with Gasteiger partial charge in [-0.25, -0.2) is 4.68 Å². The fraction of sp³-hybridized carbons (Fsp3) is 0.167. The molecule has 3 aromatic heterocycles. The molecule has 0 spiro atoms. The van der Waals surface area contributed by atoms with Crippen LogP contribution in [0, 0.1) is 6.92 Å². The average molecular weight is 363 g/mol. The predicted molar refractivity (Wildman–Crippen MR) is 96.8 cm³/mol. The topological polar surface area (TPSA) is 99.2 Å². The van der Waals surface area contributed by atoms with Crippen LogP contribution in [0.25, 0.3) is 11.3 Å². The van der Waals surface area contributed by atoms with Gasteiger partial charge in [0.2, 0.25) is 5.88 Å². The first-order chi connectivity index (χ1) is 13.2. The zero-order valence-electron chi connectivity index (χ0n) is 14.8. The molecule has 0 aliphatic carbocycles. The number of carbonyl (C=O) groups excluding carboxylic acids is 1. The molecule has 0 bridgehead atoms. The molecule has 0 radical (unpaired) electrons. The second-order valence-electron chi connectivity index (χ2n) is 5.84. The van der Waals surface area contributed by atoms with Crippen molar-refractivity contribution in [3.63, 3.8) is 0 Å². The minimum Gasteiger partial charge on any atom is -0.480 e. The van der Waals surface area contributed by atoms with Crippen molar-refractivity contribution in [3.05, 3.63) is 65.7 Å². The van der Waals surface area contributed by atoms with Gasteiger partial charge in [0.25, 0.3) is 5.91 Å². The molecule has 1 N–H and O–H groups in total. The highest BCUT2D eigenvalue weighted by atomic mass is 16.5. The summed E-state index contributed by atoms with van der Waals surface area (Å²) in [6.07, 6.45) is 1.56. The summed E-state index contributed by atoms with van der Waals surface area (Å²) in [5.41, 5.74) is 2.73. The van der Waals surface area contributed by atoms with Gasteiger partial charge in [-0.2, -0.15) is 9.61 Å². The predicted octanol–water partition coefficient (Wildman–Crippen LogP) is 1.56. The van der Waals surface area contributed by atoms with E-state index in [1.54, 1.807) is 27.5 Å². The number of nitrogens with one attached hydrogen (secondary N) is 1. The first-order valence-electron chi connectivity index (χ1n) is 8.31. The third-order valence-corrected chi connectivity index (χ3v) is 4.17. The fourth-order valence-corrected chi connectivity index (χ4v) is 2.75. The van der Waals surface area contributed by atoms with E-state index in [9.17, 15) is 4.79 Å². The molecule has 1 aromatic carbocycles. The maximum Gasteiger partial charge on any atom is 0.255 e. The number of aromatic nitrogens is 6. The van der Waals surface area contributed by atoms with Gasteiger partial charge in [0, 0.05) is 6.07 Å². The second-order valence-corrected chi connectivity index (χ2v) is 5.84. The summed E-state index contributed by atoms with van der Waals surface area (Å²) in [5.74, 6) is 0.703. The fourth-order valence-electron chi connectivity index (χ4n) is 2.75. The van der Waals surface area contributed by atoms with Crippen molar-refractivity contribution in [2.24, 2.45) is 0 Å². The summed E-state index contributed by atoms with van der Waals surface area (Å²) >= 11 is 0. The minimum absolute atomic E-state index is 0.177. The first kappa shape index (κ1) is 16.7. The van der Waals surface area contributed by atoms with E-state index >= 15 is 0 Å². The normalized spacial score (nSPS) is 10.9. The lowest BCUT2D eigenvalue weighted by Crippen LogP contribution is -2.24. The van der Waals surface area contributed by atoms with E-state index in [-0.39, 0.29) is 12.5 Å². The van der Waals surface area contributed by atoms with Gasteiger partial charge in [-0.1, -0.05) is 18.2 Å². The number of hydrogen-bond donors (Lipinski definition) is 1. The molecule has 0 saturated heterocycles. The Morgan fingerprint density at radius 2 is 1.96 bits per heavy atom. The molecule has 9 heteroatoms. The Bertz CT molecular complexity index is 1100. The van der Waals surface area contributed by atoms with Gasteiger partial charge in [0.05, 0.1) is 36.8 Å². The van der Waals surface area contributed by atoms with Gasteiger partial charge >= 0.3 is 0 Å². The SMILES string of the molecule is COc1ccc2nnc(CNC(=O)c3cnn(-c4ccccc4)c3C)n2n1. The minimum atomic E-state index is -0.241. The summed E-state index contributed by atoms with van der Waals surface area (Å²) in [6.45, 7) is 2.03. The van der Waals surface area contributed by atoms with Crippen molar-refractivity contribution < 1.29 is 9.53 Å². The van der Waals surface area contributed by atoms with Crippen LogP contribution in [0.3, 0.4) is 0 Å². The van der Waals surface area contributed by atoms with E-state index in [0.29, 0.717) is 22.9 Å². The zero-order chi connectivity index (χ0) is 18.8. The number of para-hydroxylation sites is 1. The Morgan fingerprint density at radius 3 is 2.74 bits per heavy atom. The lowest BCUT2D eigenvalue weighted by molar-refractivity contribution is 0.0949. The third kappa shape index (κ3) is 3.10. The van der Waals surface area contributed by atoms with Crippen molar-refractivity contribution in [1.82, 2.24) is 34.9 Å². The van der Waals surface area contributed by atoms with E-state index in [1.807, 2.05) is 37.3 Å². The van der Waals surface area contributed by atoms with Crippen LogP contribution in [0.1, 0.15) is 21.9 Å². The Hall–Kier alpha value is -3.75. The number of carbonyl (C=O) groups is 1. The third-order valence-electron chi connectivity index (χ3n) is 4.17. The van der Waals surface area contributed by atoms with E-state index < -0.39 is 0 Å². The van der Waals surface area contributed by atoms with Crippen LogP contribution in [0.2, 0.25) is 0 Å². The molecule has 4 aromatic rings. The summed E-state index contributed by atoms with van der Waals surface area (Å²) < 4.78 is 8.39. The summed E-state index contributed by atoms with van der Waals surface area (Å²) in [7, 11) is 1.53. The van der Waals surface area contributed by atoms with Crippen LogP contribution in [-0.2, 0) is 6.54 Å². The van der Waals surface area contributed by atoms with Crippen molar-refractivity contribution in [1.29, 1.82) is 0 Å². The maximum atomic E-state index is 12.6. The van der Waals surface area contributed by atoms with Crippen molar-refractivity contribution in [3.8, 4) is 11.6 Å². The Morgan fingerprint density at radius 1 is 1.15 bits per heavy atom. The standard InChI is InChI=1S/C18H17N7O2/c1-12-14(10-20-24(12)13-6-4-3-5-7-13)18(26)19-11-16-22-21-15-8-9-17(27-2)23-25(15)16/h3-10H,11H2,1-2H3,(H,19,26). The summed E-state index contributed by atoms with van der Waals surface area (Å²) in [6, 6.07) is 13.1. The van der Waals surface area contributed by atoms with Gasteiger partial charge in [-0.3, -0.25) is 4.79 Å². The molecule has 0 aliphatic heterocycles. The van der Waals surface area contributed by atoms with Gasteiger partial charge in [-0.05, 0) is 25.1 Å². The number of ether oxygens (including phenoxy) is 1. The quantitative estimate of drug-likeness (QED) is 0.578. The number of hydrogen-bond acceptors (Lipinski definition) is 6. The molecule has 0 fully saturated rings. The molecule has 4 rings (SSSR count). The number of rotatable bonds is 5. The Balaban J connectivity index is 1.53. The van der Waals surface area contributed by atoms with Gasteiger partial charge in [0.15, 0.2) is 11.5 Å². The monoisotopic (exact) mass is 363 g/mol. The molecular formula is C18H17N7O2. The van der Waals surface area contributed by atoms with Crippen molar-refractivity contribution >= 4 is 11.6 Å². The van der Waals surface area contributed by atoms with Crippen molar-refractivity contribution in [2.45, 2.75) is 13.5 Å². The number of amides is 1. The number of fused-ring (bicyclic) bond motifs is 1. The van der Waals surface area contributed by atoms with E-state index in [2.05, 4.69) is 25.7 Å². The molecule has 136 valence electrons. The van der Waals surface area contributed by atoms with Crippen LogP contribution in [0.4, 0.5) is 0 Å². The summed E-state index contributed by atoms with van der Waals surface area (Å²) in [5, 5.41) is 19.5. The largest absolute Gasteiger partial charge is 0.480 e. The molecule has 1 amide bonds. The second kappa shape index (κ2) is 6.87. The molecule has 27 heavy (non-hydrogen) atoms. The molecular weight excluding hydrogens is 346 g/mol. The summed E-state index contributed by atoms with van der Waals surface area (Å²) in [4.78, 5) is 12.6. The van der Waals surface area contributed by atoms with Crippen LogP contribution in [0.5, 0.6) is 5.88 Å². The Labute approximate surface area is 154 Å². The average Bonchev–Trinajstić information content (AvgIpc) is 3.29. The van der Waals surface area contributed by atoms with Gasteiger partial charge in [-0.15, -0.1) is 15.3 Å². The molecule has 9 nitrogen and oxygen atoms in total. The van der Waals surface area contributed by atoms with Crippen LogP contribution < -0.4 is 10.1 Å². The van der Waals surface area contributed by atoms with Crippen LogP contribution >= 0.6 is 0 Å². The maximum absolute atomic E-state index is 12.6. The number of benzene rings is 1. The molecule has 0 aliphatic rings. The van der Waals surface area contributed by atoms with Crippen LogP contribution in [0.15, 0.2) is 48.7 Å². The lowest BCUT2D eigenvalue weighted by atomic mass is 10.2. The molecule has 0 atom stereocenters. The van der Waals surface area contributed by atoms with Gasteiger partial charge < -0.3 is 10.1 Å². The van der Waals surface area contributed by atoms with E-state index in [1.165, 1.54) is 7.11 Å².